The molecule has 0 saturated carbocycles. The Morgan fingerprint density at radius 2 is 1.83 bits per heavy atom. The maximum absolute atomic E-state index is 3.76. The molecule has 0 unspecified atom stereocenters. The van der Waals surface area contributed by atoms with Gasteiger partial charge in [0.25, 0.3) is 0 Å². The third-order valence-electron chi connectivity index (χ3n) is 1.92. The Bertz CT molecular complexity index is 288. The van der Waals surface area contributed by atoms with Crippen LogP contribution in [0.2, 0.25) is 0 Å². The minimum Gasteiger partial charge on any atom is -0.0985 e. The molecule has 0 bridgehead atoms. The van der Waals surface area contributed by atoms with Gasteiger partial charge in [-0.15, -0.1) is 0 Å². The molecule has 0 nitrogen and oxygen atoms in total. The van der Waals surface area contributed by atoms with Gasteiger partial charge in [0.1, 0.15) is 0 Å². The fraction of sp³-hybridized carbons (Fsp3) is 0.167. The van der Waals surface area contributed by atoms with Gasteiger partial charge in [0.15, 0.2) is 0 Å². The summed E-state index contributed by atoms with van der Waals surface area (Å²) < 4.78 is 0. The van der Waals surface area contributed by atoms with Crippen molar-refractivity contribution < 1.29 is 0 Å². The van der Waals surface area contributed by atoms with E-state index in [1.807, 2.05) is 13.0 Å². The van der Waals surface area contributed by atoms with Crippen molar-refractivity contribution >= 4 is 5.57 Å². The van der Waals surface area contributed by atoms with E-state index in [4.69, 9.17) is 0 Å². The van der Waals surface area contributed by atoms with Gasteiger partial charge in [-0.25, -0.2) is 0 Å². The smallest absolute Gasteiger partial charge is 0.0187 e. The molecule has 0 aromatic heterocycles. The normalized spacial score (nSPS) is 11.3. The monoisotopic (exact) mass is 158 g/mol. The predicted octanol–water partition coefficient (Wildman–Crippen LogP) is 3.58. The quantitative estimate of drug-likeness (QED) is 0.577. The summed E-state index contributed by atoms with van der Waals surface area (Å²) in [6.45, 7) is 7.88. The van der Waals surface area contributed by atoms with Crippen LogP contribution in [-0.4, -0.2) is 0 Å². The summed E-state index contributed by atoms with van der Waals surface area (Å²) in [5.74, 6) is 0. The van der Waals surface area contributed by atoms with Crippen LogP contribution in [0.5, 0.6) is 0 Å². The lowest BCUT2D eigenvalue weighted by Crippen LogP contribution is -1.79. The van der Waals surface area contributed by atoms with Crippen molar-refractivity contribution in [2.24, 2.45) is 0 Å². The van der Waals surface area contributed by atoms with Gasteiger partial charge in [-0.05, 0) is 25.0 Å². The van der Waals surface area contributed by atoms with Crippen molar-refractivity contribution in [1.82, 2.24) is 0 Å². The van der Waals surface area contributed by atoms with Crippen molar-refractivity contribution in [3.63, 3.8) is 0 Å². The fourth-order valence-corrected chi connectivity index (χ4v) is 1.15. The molecule has 0 radical (unpaired) electrons. The molecule has 0 heterocycles. The van der Waals surface area contributed by atoms with Crippen molar-refractivity contribution in [1.29, 1.82) is 0 Å². The van der Waals surface area contributed by atoms with Crippen LogP contribution in [0.4, 0.5) is 0 Å². The predicted molar refractivity (Wildman–Crippen MR) is 55.0 cm³/mol. The average molecular weight is 158 g/mol. The van der Waals surface area contributed by atoms with E-state index in [9.17, 15) is 0 Å². The highest BCUT2D eigenvalue weighted by atomic mass is 14.0. The van der Waals surface area contributed by atoms with Gasteiger partial charge >= 0.3 is 0 Å². The summed E-state index contributed by atoms with van der Waals surface area (Å²) in [5, 5.41) is 0. The SMILES string of the molecule is C=C/C(=C/C)c1ccc(C)cc1. The second-order valence-corrected chi connectivity index (χ2v) is 2.81. The molecule has 0 aliphatic rings. The highest BCUT2D eigenvalue weighted by molar-refractivity contribution is 5.73. The highest BCUT2D eigenvalue weighted by Gasteiger charge is 1.93. The number of allylic oxidation sites excluding steroid dienone is 3. The fourth-order valence-electron chi connectivity index (χ4n) is 1.15. The number of benzene rings is 1. The molecule has 0 fully saturated rings. The van der Waals surface area contributed by atoms with Gasteiger partial charge in [-0.3, -0.25) is 0 Å². The van der Waals surface area contributed by atoms with Crippen LogP contribution in [0.25, 0.3) is 5.57 Å². The highest BCUT2D eigenvalue weighted by Crippen LogP contribution is 2.15. The summed E-state index contributed by atoms with van der Waals surface area (Å²) in [4.78, 5) is 0. The Morgan fingerprint density at radius 3 is 2.25 bits per heavy atom. The minimum absolute atomic E-state index is 1.19. The second kappa shape index (κ2) is 3.91. The van der Waals surface area contributed by atoms with Crippen molar-refractivity contribution in [2.75, 3.05) is 0 Å². The zero-order valence-electron chi connectivity index (χ0n) is 7.67. The van der Waals surface area contributed by atoms with Crippen LogP contribution in [-0.2, 0) is 0 Å². The number of hydrogen-bond acceptors (Lipinski definition) is 0. The zero-order valence-corrected chi connectivity index (χ0v) is 7.67. The molecule has 0 saturated heterocycles. The average Bonchev–Trinajstić information content (AvgIpc) is 2.10. The second-order valence-electron chi connectivity index (χ2n) is 2.81. The third-order valence-corrected chi connectivity index (χ3v) is 1.92. The van der Waals surface area contributed by atoms with Gasteiger partial charge < -0.3 is 0 Å². The largest absolute Gasteiger partial charge is 0.0985 e. The molecule has 0 amide bonds. The van der Waals surface area contributed by atoms with E-state index in [2.05, 4.69) is 43.8 Å². The summed E-state index contributed by atoms with van der Waals surface area (Å²) in [6.07, 6.45) is 3.95. The van der Waals surface area contributed by atoms with E-state index in [-0.39, 0.29) is 0 Å². The van der Waals surface area contributed by atoms with Crippen LogP contribution in [0, 0.1) is 6.92 Å². The van der Waals surface area contributed by atoms with E-state index in [1.54, 1.807) is 0 Å². The van der Waals surface area contributed by atoms with Crippen LogP contribution in [0.15, 0.2) is 43.0 Å². The molecule has 1 aromatic rings. The van der Waals surface area contributed by atoms with Gasteiger partial charge in [-0.1, -0.05) is 48.6 Å². The summed E-state index contributed by atoms with van der Waals surface area (Å²) in [7, 11) is 0. The van der Waals surface area contributed by atoms with Crippen LogP contribution in [0.3, 0.4) is 0 Å². The first-order chi connectivity index (χ1) is 5.77. The molecule has 0 spiro atoms. The molecule has 0 atom stereocenters. The van der Waals surface area contributed by atoms with Crippen molar-refractivity contribution in [2.45, 2.75) is 13.8 Å². The van der Waals surface area contributed by atoms with Gasteiger partial charge in [0.05, 0.1) is 0 Å². The lowest BCUT2D eigenvalue weighted by Gasteiger charge is -2.01. The molecule has 0 heteroatoms. The lowest BCUT2D eigenvalue weighted by atomic mass is 10.0. The first-order valence-electron chi connectivity index (χ1n) is 4.13. The first-order valence-corrected chi connectivity index (χ1v) is 4.13. The standard InChI is InChI=1S/C12H14/c1-4-11(5-2)12-8-6-10(3)7-9-12/h4-9H,1H2,2-3H3/b11-5-. The Morgan fingerprint density at radius 1 is 1.25 bits per heavy atom. The molecule has 0 aliphatic carbocycles. The summed E-state index contributed by atoms with van der Waals surface area (Å²) >= 11 is 0. The van der Waals surface area contributed by atoms with E-state index in [1.165, 1.54) is 16.7 Å². The Balaban J connectivity index is 3.04. The summed E-state index contributed by atoms with van der Waals surface area (Å²) in [5.41, 5.74) is 3.71. The molecule has 1 rings (SSSR count). The molecule has 0 N–H and O–H groups in total. The van der Waals surface area contributed by atoms with Crippen LogP contribution in [0.1, 0.15) is 18.1 Å². The van der Waals surface area contributed by atoms with E-state index in [0.29, 0.717) is 0 Å². The maximum Gasteiger partial charge on any atom is -0.0187 e. The number of rotatable bonds is 2. The Hall–Kier alpha value is -1.30. The van der Waals surface area contributed by atoms with Crippen molar-refractivity contribution in [3.8, 4) is 0 Å². The Kier molecular flexibility index (Phi) is 2.87. The summed E-state index contributed by atoms with van der Waals surface area (Å²) in [6, 6.07) is 8.46. The van der Waals surface area contributed by atoms with Gasteiger partial charge in [0, 0.05) is 0 Å². The zero-order chi connectivity index (χ0) is 8.97. The minimum atomic E-state index is 1.19. The molecular weight excluding hydrogens is 144 g/mol. The molecule has 12 heavy (non-hydrogen) atoms. The van der Waals surface area contributed by atoms with Crippen molar-refractivity contribution in [3.05, 3.63) is 54.1 Å². The number of aryl methyl sites for hydroxylation is 1. The maximum atomic E-state index is 3.76. The van der Waals surface area contributed by atoms with Crippen LogP contribution < -0.4 is 0 Å². The topological polar surface area (TPSA) is 0 Å². The molecule has 62 valence electrons. The van der Waals surface area contributed by atoms with Crippen LogP contribution >= 0.6 is 0 Å². The van der Waals surface area contributed by atoms with E-state index < -0.39 is 0 Å². The van der Waals surface area contributed by atoms with Gasteiger partial charge in [0.2, 0.25) is 0 Å². The number of hydrogen-bond donors (Lipinski definition) is 0. The van der Waals surface area contributed by atoms with Gasteiger partial charge in [-0.2, -0.15) is 0 Å². The molecular formula is C12H14. The van der Waals surface area contributed by atoms with E-state index in [0.717, 1.165) is 0 Å². The van der Waals surface area contributed by atoms with E-state index >= 15 is 0 Å². The molecule has 1 aromatic carbocycles. The Labute approximate surface area is 74.2 Å². The lowest BCUT2D eigenvalue weighted by molar-refractivity contribution is 1.45. The third kappa shape index (κ3) is 1.85. The first kappa shape index (κ1) is 8.79. The molecule has 0 aliphatic heterocycles.